The lowest BCUT2D eigenvalue weighted by molar-refractivity contribution is -0.357. The molecule has 7 rings (SSSR count). The van der Waals surface area contributed by atoms with Crippen molar-refractivity contribution in [2.75, 3.05) is 34.0 Å². The summed E-state index contributed by atoms with van der Waals surface area (Å²) in [5, 5.41) is 104. The highest BCUT2D eigenvalue weighted by Gasteiger charge is 2.51. The first-order chi connectivity index (χ1) is 29.4. The molecule has 0 aromatic heterocycles. The molecule has 340 valence electrons. The quantitative estimate of drug-likeness (QED) is 0.0896. The smallest absolute Gasteiger partial charge is 0.472 e. The molecular formula is C38H45O23P. The normalized spacial score (nSPS) is 34.1. The van der Waals surface area contributed by atoms with Gasteiger partial charge in [0, 0.05) is 24.8 Å². The molecule has 0 saturated carbocycles. The minimum Gasteiger partial charge on any atom is -0.508 e. The number of hydrogen-bond acceptors (Lipinski definition) is 22. The van der Waals surface area contributed by atoms with Crippen LogP contribution in [-0.4, -0.2) is 169 Å². The number of aromatic hydroxyl groups is 3. The van der Waals surface area contributed by atoms with Gasteiger partial charge in [0.15, 0.2) is 60.0 Å². The summed E-state index contributed by atoms with van der Waals surface area (Å²) in [6.45, 7) is -2.42. The molecule has 4 heterocycles. The van der Waals surface area contributed by atoms with Crippen molar-refractivity contribution in [3.63, 3.8) is 0 Å². The number of phenolic OH excluding ortho intramolecular Hbond substituents is 3. The number of carbonyl (C=O) groups excluding carboxylic acids is 1. The Morgan fingerprint density at radius 3 is 2.00 bits per heavy atom. The number of ether oxygens (including phenoxy) is 8. The summed E-state index contributed by atoms with van der Waals surface area (Å²) in [7, 11) is -2.63. The number of ketones is 1. The third-order valence-electron chi connectivity index (χ3n) is 10.6. The van der Waals surface area contributed by atoms with E-state index in [1.54, 1.807) is 0 Å². The van der Waals surface area contributed by atoms with Crippen LogP contribution in [0.2, 0.25) is 0 Å². The fraction of sp³-hybridized carbons (Fsp3) is 0.500. The number of methoxy groups -OCH3 is 2. The monoisotopic (exact) mass is 900 g/mol. The zero-order valence-corrected chi connectivity index (χ0v) is 33.5. The molecule has 23 nitrogen and oxygen atoms in total. The van der Waals surface area contributed by atoms with E-state index in [0.717, 1.165) is 12.1 Å². The van der Waals surface area contributed by atoms with Gasteiger partial charge in [0.2, 0.25) is 5.78 Å². The molecule has 62 heavy (non-hydrogen) atoms. The number of benzene rings is 3. The van der Waals surface area contributed by atoms with E-state index in [1.807, 2.05) is 0 Å². The van der Waals surface area contributed by atoms with Gasteiger partial charge in [-0.25, -0.2) is 4.57 Å². The lowest BCUT2D eigenvalue weighted by Crippen LogP contribution is -2.64. The summed E-state index contributed by atoms with van der Waals surface area (Å²) >= 11 is 0. The van der Waals surface area contributed by atoms with E-state index in [1.165, 1.54) is 50.6 Å². The van der Waals surface area contributed by atoms with Crippen molar-refractivity contribution >= 4 is 13.6 Å². The Labute approximate surface area is 350 Å². The Hall–Kier alpha value is -4.40. The van der Waals surface area contributed by atoms with Gasteiger partial charge < -0.3 is 93.9 Å². The molecule has 2 fully saturated rings. The zero-order chi connectivity index (χ0) is 44.8. The molecule has 15 atom stereocenters. The second kappa shape index (κ2) is 18.4. The highest BCUT2D eigenvalue weighted by atomic mass is 31.2. The van der Waals surface area contributed by atoms with Gasteiger partial charge in [-0.2, -0.15) is 0 Å². The zero-order valence-electron chi connectivity index (χ0n) is 32.6. The standard InChI is InChI=1S/C38H45O23P/c1-52-20-7-14(3-5-17(20)41)34-25(56-19-6-4-15(8-21(19)57-34)35-30(46)28(44)26-18(42)9-16(40)10-22(26)58-35)13-55-62(50,51)54-12-24-27(43)29(45)32(48)38(60-24)61-36-23(11-39)59-37(53-2)33(49)31(36)47/h3-10,23-25,27,29-43,45-49H,11-13H2,1-2H3,(H,50,51)/t23-,24-,25+,27+,29+,30+,31-,32-,33-,34+,35-,36-,37+,38+/m1/s1. The fourth-order valence-corrected chi connectivity index (χ4v) is 8.12. The molecule has 4 aliphatic heterocycles. The number of Topliss-reactive ketones (excluding diaryl/α,β-unsaturated/α-hetero) is 1. The van der Waals surface area contributed by atoms with Crippen molar-refractivity contribution in [3.8, 4) is 40.2 Å². The molecule has 1 unspecified atom stereocenters. The second-order valence-electron chi connectivity index (χ2n) is 14.6. The maximum atomic E-state index is 13.3. The lowest BCUT2D eigenvalue weighted by Gasteiger charge is -2.45. The number of phosphoric acid groups is 1. The van der Waals surface area contributed by atoms with E-state index >= 15 is 0 Å². The molecule has 2 saturated heterocycles. The number of rotatable bonds is 13. The van der Waals surface area contributed by atoms with Crippen LogP contribution in [0, 0.1) is 0 Å². The Bertz CT molecular complexity index is 2140. The third kappa shape index (κ3) is 9.01. The molecule has 0 aliphatic carbocycles. The predicted octanol–water partition coefficient (Wildman–Crippen LogP) is -1.22. The maximum absolute atomic E-state index is 13.3. The molecule has 4 aliphatic rings. The minimum atomic E-state index is -5.11. The van der Waals surface area contributed by atoms with E-state index in [9.17, 15) is 65.3 Å². The first-order valence-electron chi connectivity index (χ1n) is 18.9. The van der Waals surface area contributed by atoms with Gasteiger partial charge in [-0.05, 0) is 29.8 Å². The maximum Gasteiger partial charge on any atom is 0.472 e. The van der Waals surface area contributed by atoms with Crippen LogP contribution in [0.15, 0.2) is 48.5 Å². The lowest BCUT2D eigenvalue weighted by atomic mass is 9.92. The van der Waals surface area contributed by atoms with Crippen LogP contribution in [-0.2, 0) is 32.6 Å². The van der Waals surface area contributed by atoms with Crippen molar-refractivity contribution in [2.24, 2.45) is 0 Å². The molecule has 3 aromatic carbocycles. The van der Waals surface area contributed by atoms with Gasteiger partial charge in [0.1, 0.15) is 71.6 Å². The van der Waals surface area contributed by atoms with Gasteiger partial charge >= 0.3 is 7.82 Å². The number of phosphoric ester groups is 1. The number of aliphatic hydroxyl groups excluding tert-OH is 7. The second-order valence-corrected chi connectivity index (χ2v) is 16.1. The Morgan fingerprint density at radius 2 is 1.31 bits per heavy atom. The number of fused-ring (bicyclic) bond motifs is 2. The molecule has 0 amide bonds. The summed E-state index contributed by atoms with van der Waals surface area (Å²) in [5.74, 6) is -2.14. The average Bonchev–Trinajstić information content (AvgIpc) is 3.25. The van der Waals surface area contributed by atoms with E-state index in [4.69, 9.17) is 46.9 Å². The highest BCUT2D eigenvalue weighted by Crippen LogP contribution is 2.49. The van der Waals surface area contributed by atoms with E-state index in [2.05, 4.69) is 0 Å². The van der Waals surface area contributed by atoms with Gasteiger partial charge in [-0.1, -0.05) is 12.1 Å². The molecule has 24 heteroatoms. The van der Waals surface area contributed by atoms with Gasteiger partial charge in [-0.3, -0.25) is 13.8 Å². The van der Waals surface area contributed by atoms with Crippen molar-refractivity contribution in [2.45, 2.75) is 85.8 Å². The molecular weight excluding hydrogens is 855 g/mol. The van der Waals surface area contributed by atoms with Crippen LogP contribution in [0.3, 0.4) is 0 Å². The van der Waals surface area contributed by atoms with Gasteiger partial charge in [0.05, 0.1) is 26.9 Å². The van der Waals surface area contributed by atoms with E-state index in [-0.39, 0.29) is 39.9 Å². The average molecular weight is 901 g/mol. The van der Waals surface area contributed by atoms with Crippen molar-refractivity contribution in [1.29, 1.82) is 0 Å². The van der Waals surface area contributed by atoms with E-state index < -0.39 is 131 Å². The Kier molecular flexibility index (Phi) is 13.5. The van der Waals surface area contributed by atoms with E-state index in [0.29, 0.717) is 5.56 Å². The SMILES string of the molecule is COc1cc([C@@H]2Oc3cc([C@H]4Oc5cc(O)cc(O)c5C(=O)[C@@H]4O)ccc3O[C@H]2COP(=O)(O)OC[C@H]2O[C@@H](O[C@H]3[C@H](O)[C@@H](O)[C@@H](OC)O[C@@H]3CO)[C@H](O)[C@@H](O)[C@H]2O)ccc1O. The van der Waals surface area contributed by atoms with Crippen molar-refractivity contribution in [3.05, 3.63) is 65.2 Å². The summed E-state index contributed by atoms with van der Waals surface area (Å²) < 4.78 is 68.7. The topological polar surface area (TPSA) is 349 Å². The van der Waals surface area contributed by atoms with Gasteiger partial charge in [-0.15, -0.1) is 0 Å². The molecule has 0 radical (unpaired) electrons. The van der Waals surface area contributed by atoms with Crippen LogP contribution in [0.5, 0.6) is 40.2 Å². The van der Waals surface area contributed by atoms with Crippen LogP contribution in [0.1, 0.15) is 33.7 Å². The van der Waals surface area contributed by atoms with Gasteiger partial charge in [0.25, 0.3) is 0 Å². The Balaban J connectivity index is 1.06. The summed E-state index contributed by atoms with van der Waals surface area (Å²) in [6, 6.07) is 10.4. The molecule has 0 spiro atoms. The van der Waals surface area contributed by atoms with Crippen molar-refractivity contribution in [1.82, 2.24) is 0 Å². The molecule has 11 N–H and O–H groups in total. The first-order valence-corrected chi connectivity index (χ1v) is 20.4. The Morgan fingerprint density at radius 1 is 0.661 bits per heavy atom. The minimum absolute atomic E-state index is 0.0253. The van der Waals surface area contributed by atoms with Crippen LogP contribution < -0.4 is 18.9 Å². The fourth-order valence-electron chi connectivity index (χ4n) is 7.38. The van der Waals surface area contributed by atoms with Crippen molar-refractivity contribution < 1.29 is 112 Å². The molecule has 3 aromatic rings. The highest BCUT2D eigenvalue weighted by molar-refractivity contribution is 7.47. The first kappa shape index (κ1) is 45.6. The summed E-state index contributed by atoms with van der Waals surface area (Å²) in [5.41, 5.74) is 0.195. The van der Waals surface area contributed by atoms with Crippen LogP contribution >= 0.6 is 7.82 Å². The third-order valence-corrected chi connectivity index (χ3v) is 11.6. The summed E-state index contributed by atoms with van der Waals surface area (Å²) in [4.78, 5) is 23.8. The largest absolute Gasteiger partial charge is 0.508 e. The predicted molar refractivity (Wildman–Crippen MR) is 200 cm³/mol. The number of phenols is 3. The number of hydrogen-bond donors (Lipinski definition) is 11. The molecule has 0 bridgehead atoms. The van der Waals surface area contributed by atoms with Crippen LogP contribution in [0.4, 0.5) is 0 Å². The summed E-state index contributed by atoms with van der Waals surface area (Å²) in [6.07, 6.45) is -22.6. The number of aliphatic hydroxyl groups is 7. The van der Waals surface area contributed by atoms with Crippen LogP contribution in [0.25, 0.3) is 0 Å². The number of carbonyl (C=O) groups is 1.